The van der Waals surface area contributed by atoms with Crippen LogP contribution in [0.2, 0.25) is 0 Å². The van der Waals surface area contributed by atoms with Gasteiger partial charge < -0.3 is 5.32 Å². The van der Waals surface area contributed by atoms with Crippen LogP contribution in [0.3, 0.4) is 0 Å². The Morgan fingerprint density at radius 1 is 1.35 bits per heavy atom. The topological polar surface area (TPSA) is 37.8 Å². The molecule has 0 atom stereocenters. The maximum absolute atomic E-state index is 4.27. The fourth-order valence-corrected chi connectivity index (χ4v) is 3.12. The van der Waals surface area contributed by atoms with Crippen LogP contribution in [-0.2, 0) is 6.54 Å². The number of hydrogen-bond donors (Lipinski definition) is 1. The standard InChI is InChI=1S/C12H14IN3S/c1-3-14-7-10-15-16-12(17-10)9-6-4-5-8(2)11(9)13/h4-6,14H,3,7H2,1-2H3. The summed E-state index contributed by atoms with van der Waals surface area (Å²) in [4.78, 5) is 0. The summed E-state index contributed by atoms with van der Waals surface area (Å²) in [7, 11) is 0. The second kappa shape index (κ2) is 5.88. The normalized spacial score (nSPS) is 10.8. The molecule has 90 valence electrons. The number of halogens is 1. The Kier molecular flexibility index (Phi) is 4.47. The fraction of sp³-hybridized carbons (Fsp3) is 0.333. The Bertz CT molecular complexity index is 510. The van der Waals surface area contributed by atoms with Crippen LogP contribution >= 0.6 is 33.9 Å². The molecule has 1 N–H and O–H groups in total. The van der Waals surface area contributed by atoms with Crippen molar-refractivity contribution in [1.29, 1.82) is 0 Å². The summed E-state index contributed by atoms with van der Waals surface area (Å²) < 4.78 is 1.26. The lowest BCUT2D eigenvalue weighted by molar-refractivity contribution is 0.715. The molecule has 0 aliphatic rings. The molecule has 0 bridgehead atoms. The first-order valence-corrected chi connectivity index (χ1v) is 7.40. The first-order chi connectivity index (χ1) is 8.22. The summed E-state index contributed by atoms with van der Waals surface area (Å²) >= 11 is 4.03. The van der Waals surface area contributed by atoms with E-state index in [-0.39, 0.29) is 0 Å². The van der Waals surface area contributed by atoms with Crippen LogP contribution < -0.4 is 5.32 Å². The number of nitrogens with zero attached hydrogens (tertiary/aromatic N) is 2. The van der Waals surface area contributed by atoms with Gasteiger partial charge in [-0.25, -0.2) is 0 Å². The minimum atomic E-state index is 0.802. The van der Waals surface area contributed by atoms with E-state index >= 15 is 0 Å². The van der Waals surface area contributed by atoms with E-state index < -0.39 is 0 Å². The van der Waals surface area contributed by atoms with Crippen LogP contribution in [0.1, 0.15) is 17.5 Å². The van der Waals surface area contributed by atoms with Crippen LogP contribution in [0.4, 0.5) is 0 Å². The molecule has 0 radical (unpaired) electrons. The maximum atomic E-state index is 4.27. The zero-order valence-corrected chi connectivity index (χ0v) is 12.8. The van der Waals surface area contributed by atoms with Gasteiger partial charge in [0, 0.05) is 15.7 Å². The third kappa shape index (κ3) is 3.02. The van der Waals surface area contributed by atoms with Gasteiger partial charge in [-0.3, -0.25) is 0 Å². The predicted octanol–water partition coefficient (Wildman–Crippen LogP) is 3.23. The number of benzene rings is 1. The van der Waals surface area contributed by atoms with Crippen LogP contribution in [0.15, 0.2) is 18.2 Å². The van der Waals surface area contributed by atoms with E-state index in [0.717, 1.165) is 23.1 Å². The van der Waals surface area contributed by atoms with Gasteiger partial charge in [-0.05, 0) is 41.6 Å². The van der Waals surface area contributed by atoms with Gasteiger partial charge in [0.1, 0.15) is 10.0 Å². The van der Waals surface area contributed by atoms with E-state index in [1.54, 1.807) is 11.3 Å². The zero-order chi connectivity index (χ0) is 12.3. The zero-order valence-electron chi connectivity index (χ0n) is 9.83. The fourth-order valence-electron chi connectivity index (χ4n) is 1.48. The molecule has 0 fully saturated rings. The predicted molar refractivity (Wildman–Crippen MR) is 80.2 cm³/mol. The van der Waals surface area contributed by atoms with Gasteiger partial charge >= 0.3 is 0 Å². The summed E-state index contributed by atoms with van der Waals surface area (Å²) in [5.74, 6) is 0. The van der Waals surface area contributed by atoms with Gasteiger partial charge in [0.25, 0.3) is 0 Å². The van der Waals surface area contributed by atoms with Crippen LogP contribution in [0.5, 0.6) is 0 Å². The van der Waals surface area contributed by atoms with Crippen molar-refractivity contribution in [2.24, 2.45) is 0 Å². The monoisotopic (exact) mass is 359 g/mol. The molecule has 5 heteroatoms. The molecule has 0 saturated carbocycles. The van der Waals surface area contributed by atoms with Crippen molar-refractivity contribution < 1.29 is 0 Å². The van der Waals surface area contributed by atoms with Crippen molar-refractivity contribution in [3.8, 4) is 10.6 Å². The molecule has 0 amide bonds. The Labute approximate surface area is 119 Å². The second-order valence-corrected chi connectivity index (χ2v) is 5.86. The first kappa shape index (κ1) is 12.9. The molecule has 1 aromatic carbocycles. The van der Waals surface area contributed by atoms with Crippen LogP contribution in [0, 0.1) is 10.5 Å². The molecular formula is C12H14IN3S. The molecule has 0 saturated heterocycles. The van der Waals surface area contributed by atoms with Crippen molar-refractivity contribution in [2.45, 2.75) is 20.4 Å². The SMILES string of the molecule is CCNCc1nnc(-c2cccc(C)c2I)s1. The largest absolute Gasteiger partial charge is 0.311 e. The third-order valence-corrected chi connectivity index (χ3v) is 4.80. The highest BCUT2D eigenvalue weighted by molar-refractivity contribution is 14.1. The molecule has 0 aliphatic heterocycles. The second-order valence-electron chi connectivity index (χ2n) is 3.72. The molecule has 3 nitrogen and oxygen atoms in total. The smallest absolute Gasteiger partial charge is 0.148 e. The van der Waals surface area contributed by atoms with Crippen molar-refractivity contribution in [3.05, 3.63) is 32.3 Å². The lowest BCUT2D eigenvalue weighted by Crippen LogP contribution is -2.11. The molecule has 2 aromatic rings. The van der Waals surface area contributed by atoms with E-state index in [1.807, 2.05) is 0 Å². The first-order valence-electron chi connectivity index (χ1n) is 5.51. The lowest BCUT2D eigenvalue weighted by atomic mass is 10.1. The third-order valence-electron chi connectivity index (χ3n) is 2.42. The van der Waals surface area contributed by atoms with Gasteiger partial charge in [0.05, 0.1) is 0 Å². The summed E-state index contributed by atoms with van der Waals surface area (Å²) in [5, 5.41) is 13.8. The Hall–Kier alpha value is -0.530. The lowest BCUT2D eigenvalue weighted by Gasteiger charge is -2.02. The molecule has 0 unspecified atom stereocenters. The van der Waals surface area contributed by atoms with Gasteiger partial charge in [-0.2, -0.15) is 0 Å². The van der Waals surface area contributed by atoms with E-state index in [9.17, 15) is 0 Å². The Balaban J connectivity index is 2.27. The molecule has 0 spiro atoms. The molecular weight excluding hydrogens is 345 g/mol. The number of aryl methyl sites for hydroxylation is 1. The summed E-state index contributed by atoms with van der Waals surface area (Å²) in [5.41, 5.74) is 2.47. The summed E-state index contributed by atoms with van der Waals surface area (Å²) in [6, 6.07) is 6.29. The maximum Gasteiger partial charge on any atom is 0.148 e. The van der Waals surface area contributed by atoms with Gasteiger partial charge in [0.2, 0.25) is 0 Å². The minimum Gasteiger partial charge on any atom is -0.311 e. The Morgan fingerprint density at radius 2 is 2.18 bits per heavy atom. The molecule has 17 heavy (non-hydrogen) atoms. The molecule has 2 rings (SSSR count). The average molecular weight is 359 g/mol. The van der Waals surface area contributed by atoms with Gasteiger partial charge in [0.15, 0.2) is 0 Å². The van der Waals surface area contributed by atoms with Crippen LogP contribution in [-0.4, -0.2) is 16.7 Å². The average Bonchev–Trinajstić information content (AvgIpc) is 2.78. The molecule has 1 heterocycles. The van der Waals surface area contributed by atoms with E-state index in [2.05, 4.69) is 70.2 Å². The van der Waals surface area contributed by atoms with E-state index in [0.29, 0.717) is 0 Å². The van der Waals surface area contributed by atoms with E-state index in [4.69, 9.17) is 0 Å². The van der Waals surface area contributed by atoms with Crippen molar-refractivity contribution >= 4 is 33.9 Å². The number of nitrogens with one attached hydrogen (secondary N) is 1. The highest BCUT2D eigenvalue weighted by Crippen LogP contribution is 2.29. The van der Waals surface area contributed by atoms with Crippen molar-refractivity contribution in [2.75, 3.05) is 6.54 Å². The number of rotatable bonds is 4. The number of hydrogen-bond acceptors (Lipinski definition) is 4. The van der Waals surface area contributed by atoms with Crippen LogP contribution in [0.25, 0.3) is 10.6 Å². The Morgan fingerprint density at radius 3 is 2.94 bits per heavy atom. The molecule has 0 aliphatic carbocycles. The highest BCUT2D eigenvalue weighted by atomic mass is 127. The van der Waals surface area contributed by atoms with Crippen molar-refractivity contribution in [1.82, 2.24) is 15.5 Å². The van der Waals surface area contributed by atoms with Gasteiger partial charge in [-0.1, -0.05) is 36.5 Å². The summed E-state index contributed by atoms with van der Waals surface area (Å²) in [6.07, 6.45) is 0. The number of aromatic nitrogens is 2. The van der Waals surface area contributed by atoms with E-state index in [1.165, 1.54) is 14.7 Å². The summed E-state index contributed by atoms with van der Waals surface area (Å²) in [6.45, 7) is 5.96. The van der Waals surface area contributed by atoms with Gasteiger partial charge in [-0.15, -0.1) is 10.2 Å². The highest BCUT2D eigenvalue weighted by Gasteiger charge is 2.10. The minimum absolute atomic E-state index is 0.802. The molecule has 1 aromatic heterocycles. The quantitative estimate of drug-likeness (QED) is 0.852. The van der Waals surface area contributed by atoms with Crippen molar-refractivity contribution in [3.63, 3.8) is 0 Å².